The average molecular weight is 252 g/mol. The fourth-order valence-corrected chi connectivity index (χ4v) is 3.25. The molecule has 0 unspecified atom stereocenters. The fraction of sp³-hybridized carbons (Fsp3) is 1.00. The van der Waals surface area contributed by atoms with E-state index in [9.17, 15) is 0 Å². The summed E-state index contributed by atoms with van der Waals surface area (Å²) in [6, 6.07) is 0.838. The molecule has 1 N–H and O–H groups in total. The van der Waals surface area contributed by atoms with Crippen molar-refractivity contribution in [2.75, 3.05) is 26.7 Å². The van der Waals surface area contributed by atoms with Crippen LogP contribution in [0.4, 0.5) is 0 Å². The second-order valence-corrected chi connectivity index (χ2v) is 6.64. The summed E-state index contributed by atoms with van der Waals surface area (Å²) in [5.74, 6) is 0. The summed E-state index contributed by atoms with van der Waals surface area (Å²) in [5.41, 5.74) is 0.252. The molecule has 0 aromatic carbocycles. The SMILES string of the molecule is CN1CCC(OC2(CCNC3CC3)CCC2)CC1. The lowest BCUT2D eigenvalue weighted by Crippen LogP contribution is -2.47. The Morgan fingerprint density at radius 3 is 2.44 bits per heavy atom. The van der Waals surface area contributed by atoms with Crippen molar-refractivity contribution in [1.29, 1.82) is 0 Å². The van der Waals surface area contributed by atoms with Gasteiger partial charge in [-0.15, -0.1) is 0 Å². The van der Waals surface area contributed by atoms with Gasteiger partial charge in [-0.2, -0.15) is 0 Å². The van der Waals surface area contributed by atoms with Crippen molar-refractivity contribution < 1.29 is 4.74 Å². The zero-order chi connectivity index (χ0) is 12.4. The van der Waals surface area contributed by atoms with E-state index in [0.717, 1.165) is 12.6 Å². The summed E-state index contributed by atoms with van der Waals surface area (Å²) in [6.07, 6.45) is 11.0. The van der Waals surface area contributed by atoms with Crippen LogP contribution >= 0.6 is 0 Å². The second-order valence-electron chi connectivity index (χ2n) is 6.64. The van der Waals surface area contributed by atoms with Crippen molar-refractivity contribution >= 4 is 0 Å². The Morgan fingerprint density at radius 2 is 1.89 bits per heavy atom. The van der Waals surface area contributed by atoms with Crippen LogP contribution in [0.2, 0.25) is 0 Å². The molecule has 3 heteroatoms. The minimum Gasteiger partial charge on any atom is -0.372 e. The second kappa shape index (κ2) is 5.48. The number of likely N-dealkylation sites (tertiary alicyclic amines) is 1. The number of nitrogens with zero attached hydrogens (tertiary/aromatic N) is 1. The van der Waals surface area contributed by atoms with Crippen molar-refractivity contribution in [2.45, 2.75) is 69.1 Å². The highest BCUT2D eigenvalue weighted by atomic mass is 16.5. The quantitative estimate of drug-likeness (QED) is 0.784. The first-order valence-electron chi connectivity index (χ1n) is 7.86. The van der Waals surface area contributed by atoms with Crippen LogP contribution in [0.25, 0.3) is 0 Å². The number of piperidine rings is 1. The first kappa shape index (κ1) is 12.9. The topological polar surface area (TPSA) is 24.5 Å². The normalized spacial score (nSPS) is 29.2. The Hall–Kier alpha value is -0.120. The number of rotatable bonds is 6. The maximum absolute atomic E-state index is 6.50. The first-order valence-corrected chi connectivity index (χ1v) is 7.86. The standard InChI is InChI=1S/C15H28N2O/c1-17-11-5-14(6-12-17)18-15(7-2-8-15)9-10-16-13-3-4-13/h13-14,16H,2-12H2,1H3. The van der Waals surface area contributed by atoms with Crippen molar-refractivity contribution in [3.8, 4) is 0 Å². The van der Waals surface area contributed by atoms with Gasteiger partial charge in [0.25, 0.3) is 0 Å². The summed E-state index contributed by atoms with van der Waals surface area (Å²) < 4.78 is 6.50. The molecule has 2 aliphatic carbocycles. The smallest absolute Gasteiger partial charge is 0.0698 e. The van der Waals surface area contributed by atoms with Crippen LogP contribution in [0.5, 0.6) is 0 Å². The van der Waals surface area contributed by atoms with E-state index in [1.807, 2.05) is 0 Å². The van der Waals surface area contributed by atoms with Crippen LogP contribution in [0.1, 0.15) is 51.4 Å². The van der Waals surface area contributed by atoms with Crippen LogP contribution in [0, 0.1) is 0 Å². The van der Waals surface area contributed by atoms with Crippen LogP contribution in [-0.2, 0) is 4.74 Å². The molecule has 18 heavy (non-hydrogen) atoms. The molecular formula is C15H28N2O. The van der Waals surface area contributed by atoms with Gasteiger partial charge in [0.15, 0.2) is 0 Å². The molecule has 1 saturated heterocycles. The molecule has 1 aliphatic heterocycles. The molecule has 2 saturated carbocycles. The summed E-state index contributed by atoms with van der Waals surface area (Å²) >= 11 is 0. The Bertz CT molecular complexity index is 266. The van der Waals surface area contributed by atoms with Gasteiger partial charge in [0.2, 0.25) is 0 Å². The maximum atomic E-state index is 6.50. The predicted octanol–water partition coefficient (Wildman–Crippen LogP) is 2.16. The highest BCUT2D eigenvalue weighted by molar-refractivity contribution is 4.93. The predicted molar refractivity (Wildman–Crippen MR) is 73.8 cm³/mol. The molecule has 104 valence electrons. The Kier molecular flexibility index (Phi) is 3.92. The van der Waals surface area contributed by atoms with Gasteiger partial charge in [-0.25, -0.2) is 0 Å². The highest BCUT2D eigenvalue weighted by Gasteiger charge is 2.40. The van der Waals surface area contributed by atoms with Gasteiger partial charge >= 0.3 is 0 Å². The molecule has 0 atom stereocenters. The summed E-state index contributed by atoms with van der Waals surface area (Å²) in [5, 5.41) is 3.64. The van der Waals surface area contributed by atoms with E-state index in [1.54, 1.807) is 0 Å². The number of hydrogen-bond acceptors (Lipinski definition) is 3. The van der Waals surface area contributed by atoms with E-state index < -0.39 is 0 Å². The molecule has 0 radical (unpaired) electrons. The fourth-order valence-electron chi connectivity index (χ4n) is 3.25. The zero-order valence-electron chi connectivity index (χ0n) is 11.8. The molecule has 0 amide bonds. The lowest BCUT2D eigenvalue weighted by atomic mass is 9.77. The van der Waals surface area contributed by atoms with Gasteiger partial charge in [0.1, 0.15) is 0 Å². The van der Waals surface area contributed by atoms with Gasteiger partial charge in [-0.3, -0.25) is 0 Å². The van der Waals surface area contributed by atoms with Crippen molar-refractivity contribution in [3.63, 3.8) is 0 Å². The minimum atomic E-state index is 0.252. The molecule has 0 bridgehead atoms. The third-order valence-electron chi connectivity index (χ3n) is 4.94. The molecule has 3 fully saturated rings. The number of ether oxygens (including phenoxy) is 1. The van der Waals surface area contributed by atoms with E-state index in [-0.39, 0.29) is 5.60 Å². The monoisotopic (exact) mass is 252 g/mol. The van der Waals surface area contributed by atoms with Crippen molar-refractivity contribution in [1.82, 2.24) is 10.2 Å². The average Bonchev–Trinajstić information content (AvgIpc) is 3.12. The van der Waals surface area contributed by atoms with E-state index in [2.05, 4.69) is 17.3 Å². The molecule has 3 aliphatic rings. The van der Waals surface area contributed by atoms with Crippen LogP contribution in [0.3, 0.4) is 0 Å². The molecule has 3 rings (SSSR count). The van der Waals surface area contributed by atoms with Crippen molar-refractivity contribution in [3.05, 3.63) is 0 Å². The van der Waals surface area contributed by atoms with Gasteiger partial charge in [0, 0.05) is 19.1 Å². The largest absolute Gasteiger partial charge is 0.372 e. The third kappa shape index (κ3) is 3.25. The van der Waals surface area contributed by atoms with E-state index in [4.69, 9.17) is 4.74 Å². The van der Waals surface area contributed by atoms with Crippen LogP contribution in [-0.4, -0.2) is 49.3 Å². The Labute approximate surface area is 111 Å². The molecule has 3 nitrogen and oxygen atoms in total. The Morgan fingerprint density at radius 1 is 1.17 bits per heavy atom. The highest BCUT2D eigenvalue weighted by Crippen LogP contribution is 2.40. The van der Waals surface area contributed by atoms with E-state index >= 15 is 0 Å². The third-order valence-corrected chi connectivity index (χ3v) is 4.94. The van der Waals surface area contributed by atoms with Gasteiger partial charge in [0.05, 0.1) is 11.7 Å². The molecule has 0 spiro atoms. The van der Waals surface area contributed by atoms with Crippen molar-refractivity contribution in [2.24, 2.45) is 0 Å². The Balaban J connectivity index is 1.42. The minimum absolute atomic E-state index is 0.252. The van der Waals surface area contributed by atoms with Gasteiger partial charge in [-0.1, -0.05) is 0 Å². The van der Waals surface area contributed by atoms with Gasteiger partial charge < -0.3 is 15.0 Å². The van der Waals surface area contributed by atoms with Crippen LogP contribution < -0.4 is 5.32 Å². The molecule has 0 aromatic rings. The molecule has 0 aromatic heterocycles. The van der Waals surface area contributed by atoms with Crippen LogP contribution in [0.15, 0.2) is 0 Å². The molecular weight excluding hydrogens is 224 g/mol. The van der Waals surface area contributed by atoms with E-state index in [0.29, 0.717) is 6.10 Å². The molecule has 1 heterocycles. The zero-order valence-corrected chi connectivity index (χ0v) is 11.8. The summed E-state index contributed by atoms with van der Waals surface area (Å²) in [6.45, 7) is 3.58. The first-order chi connectivity index (χ1) is 8.76. The number of nitrogens with one attached hydrogen (secondary N) is 1. The summed E-state index contributed by atoms with van der Waals surface area (Å²) in [7, 11) is 2.22. The van der Waals surface area contributed by atoms with E-state index in [1.165, 1.54) is 64.5 Å². The summed E-state index contributed by atoms with van der Waals surface area (Å²) in [4.78, 5) is 2.42. The lowest BCUT2D eigenvalue weighted by molar-refractivity contribution is -0.154. The number of hydrogen-bond donors (Lipinski definition) is 1. The maximum Gasteiger partial charge on any atom is 0.0698 e. The van der Waals surface area contributed by atoms with Gasteiger partial charge in [-0.05, 0) is 65.0 Å². The lowest BCUT2D eigenvalue weighted by Gasteiger charge is -2.45.